The first kappa shape index (κ1) is 12.6. The fraction of sp³-hybridized carbons (Fsp3) is 1.00. The van der Waals surface area contributed by atoms with E-state index in [0.29, 0.717) is 0 Å². The quantitative estimate of drug-likeness (QED) is 0.565. The van der Waals surface area contributed by atoms with Gasteiger partial charge in [-0.15, -0.1) is 0 Å². The summed E-state index contributed by atoms with van der Waals surface area (Å²) >= 11 is 0. The van der Waals surface area contributed by atoms with E-state index in [1.807, 2.05) is 0 Å². The topological polar surface area (TPSA) is 35.0 Å². The molecule has 0 bridgehead atoms. The molecule has 0 aromatic heterocycles. The van der Waals surface area contributed by atoms with E-state index >= 15 is 0 Å². The minimum atomic E-state index is 0. The van der Waals surface area contributed by atoms with E-state index in [4.69, 9.17) is 0 Å². The van der Waals surface area contributed by atoms with Gasteiger partial charge in [0.25, 0.3) is 0 Å². The Bertz CT molecular complexity index is 38.0. The van der Waals surface area contributed by atoms with Crippen LogP contribution in [0.15, 0.2) is 0 Å². The minimum Gasteiger partial charge on any atom is -0.344 e. The summed E-state index contributed by atoms with van der Waals surface area (Å²) in [4.78, 5) is 0. The molecule has 3 N–H and O–H groups in total. The molecule has 1 heteroatoms. The van der Waals surface area contributed by atoms with Crippen LogP contribution >= 0.6 is 0 Å². The van der Waals surface area contributed by atoms with Crippen LogP contribution < -0.4 is 6.15 Å². The summed E-state index contributed by atoms with van der Waals surface area (Å²) in [5.41, 5.74) is 0. The van der Waals surface area contributed by atoms with Crippen molar-refractivity contribution in [1.82, 2.24) is 6.15 Å². The van der Waals surface area contributed by atoms with Gasteiger partial charge in [0.05, 0.1) is 0 Å². The molecule has 0 radical (unpaired) electrons. The zero-order chi connectivity index (χ0) is 6.95. The van der Waals surface area contributed by atoms with Gasteiger partial charge in [0.2, 0.25) is 0 Å². The van der Waals surface area contributed by atoms with Crippen LogP contribution in [0.3, 0.4) is 0 Å². The third kappa shape index (κ3) is 10.9. The Hall–Kier alpha value is -0.0400. The van der Waals surface area contributed by atoms with Crippen LogP contribution in [0.1, 0.15) is 58.8 Å². The van der Waals surface area contributed by atoms with Crippen LogP contribution in [-0.4, -0.2) is 0 Å². The summed E-state index contributed by atoms with van der Waals surface area (Å²) in [7, 11) is 0. The van der Waals surface area contributed by atoms with E-state index < -0.39 is 0 Å². The third-order valence-corrected chi connectivity index (χ3v) is 1.71. The maximum Gasteiger partial charge on any atom is -0.0533 e. The lowest BCUT2D eigenvalue weighted by Crippen LogP contribution is -1.76. The highest BCUT2D eigenvalue weighted by Crippen LogP contribution is 2.05. The molecule has 0 saturated carbocycles. The number of hydrogen-bond acceptors (Lipinski definition) is 1. The van der Waals surface area contributed by atoms with E-state index in [1.54, 1.807) is 0 Å². The largest absolute Gasteiger partial charge is 0.344 e. The molecule has 0 fully saturated rings. The van der Waals surface area contributed by atoms with Crippen molar-refractivity contribution < 1.29 is 0 Å². The monoisotopic (exact) mass is 145 g/mol. The van der Waals surface area contributed by atoms with E-state index in [0.717, 1.165) is 0 Å². The van der Waals surface area contributed by atoms with Gasteiger partial charge in [-0.1, -0.05) is 58.8 Å². The molecule has 0 amide bonds. The normalized spacial score (nSPS) is 9.00. The molecule has 0 aromatic rings. The first-order chi connectivity index (χ1) is 4.41. The van der Waals surface area contributed by atoms with Crippen LogP contribution in [0.25, 0.3) is 0 Å². The molecule has 0 aliphatic carbocycles. The second kappa shape index (κ2) is 11.7. The van der Waals surface area contributed by atoms with Gasteiger partial charge in [0, 0.05) is 0 Å². The average molecular weight is 145 g/mol. The summed E-state index contributed by atoms with van der Waals surface area (Å²) in [6.45, 7) is 4.53. The molecule has 0 spiro atoms. The summed E-state index contributed by atoms with van der Waals surface area (Å²) in [5, 5.41) is 0. The zero-order valence-electron chi connectivity index (χ0n) is 7.66. The van der Waals surface area contributed by atoms with Gasteiger partial charge in [0.1, 0.15) is 0 Å². The van der Waals surface area contributed by atoms with E-state index in [9.17, 15) is 0 Å². The molecule has 0 atom stereocenters. The Morgan fingerprint density at radius 1 is 0.600 bits per heavy atom. The lowest BCUT2D eigenvalue weighted by Gasteiger charge is -1.96. The van der Waals surface area contributed by atoms with Crippen molar-refractivity contribution >= 4 is 0 Å². The highest BCUT2D eigenvalue weighted by Gasteiger charge is 1.85. The number of rotatable bonds is 6. The predicted molar refractivity (Wildman–Crippen MR) is 48.7 cm³/mol. The molecular weight excluding hydrogens is 122 g/mol. The molecule has 64 valence electrons. The van der Waals surface area contributed by atoms with Crippen LogP contribution in [0, 0.1) is 0 Å². The average Bonchev–Trinajstić information content (AvgIpc) is 1.89. The van der Waals surface area contributed by atoms with Crippen molar-refractivity contribution in [3.8, 4) is 0 Å². The summed E-state index contributed by atoms with van der Waals surface area (Å²) in [6.07, 6.45) is 9.97. The molecular formula is C9H23N. The maximum atomic E-state index is 2.26. The minimum absolute atomic E-state index is 0. The molecule has 0 aromatic carbocycles. The van der Waals surface area contributed by atoms with E-state index in [-0.39, 0.29) is 6.15 Å². The predicted octanol–water partition coefficient (Wildman–Crippen LogP) is 3.92. The van der Waals surface area contributed by atoms with Crippen LogP contribution in [-0.2, 0) is 0 Å². The van der Waals surface area contributed by atoms with Gasteiger partial charge in [-0.25, -0.2) is 0 Å². The van der Waals surface area contributed by atoms with E-state index in [2.05, 4.69) is 13.8 Å². The Labute approximate surface area is 65.8 Å². The smallest absolute Gasteiger partial charge is 0.0533 e. The molecule has 10 heavy (non-hydrogen) atoms. The SMILES string of the molecule is CCCCCCCCC.N. The Morgan fingerprint density at radius 3 is 1.20 bits per heavy atom. The van der Waals surface area contributed by atoms with Gasteiger partial charge in [-0.2, -0.15) is 0 Å². The van der Waals surface area contributed by atoms with Gasteiger partial charge < -0.3 is 6.15 Å². The van der Waals surface area contributed by atoms with Crippen molar-refractivity contribution in [2.45, 2.75) is 58.8 Å². The molecule has 0 heterocycles. The summed E-state index contributed by atoms with van der Waals surface area (Å²) in [5.74, 6) is 0. The first-order valence-electron chi connectivity index (χ1n) is 4.41. The zero-order valence-corrected chi connectivity index (χ0v) is 7.66. The van der Waals surface area contributed by atoms with Gasteiger partial charge in [-0.05, 0) is 0 Å². The summed E-state index contributed by atoms with van der Waals surface area (Å²) in [6, 6.07) is 0. The third-order valence-electron chi connectivity index (χ3n) is 1.71. The van der Waals surface area contributed by atoms with Crippen molar-refractivity contribution in [2.24, 2.45) is 0 Å². The highest BCUT2D eigenvalue weighted by molar-refractivity contribution is 4.41. The highest BCUT2D eigenvalue weighted by atomic mass is 14.0. The molecule has 0 aliphatic rings. The molecule has 0 rings (SSSR count). The summed E-state index contributed by atoms with van der Waals surface area (Å²) < 4.78 is 0. The van der Waals surface area contributed by atoms with Crippen LogP contribution in [0.2, 0.25) is 0 Å². The van der Waals surface area contributed by atoms with Crippen molar-refractivity contribution in [1.29, 1.82) is 0 Å². The fourth-order valence-electron chi connectivity index (χ4n) is 1.03. The standard InChI is InChI=1S/C9H20.H3N/c1-3-5-7-9-8-6-4-2;/h3-9H2,1-2H3;1H3. The van der Waals surface area contributed by atoms with Crippen molar-refractivity contribution in [3.05, 3.63) is 0 Å². The van der Waals surface area contributed by atoms with Crippen molar-refractivity contribution in [3.63, 3.8) is 0 Å². The Morgan fingerprint density at radius 2 is 0.900 bits per heavy atom. The first-order valence-corrected chi connectivity index (χ1v) is 4.41. The maximum absolute atomic E-state index is 2.26. The second-order valence-electron chi connectivity index (χ2n) is 2.77. The van der Waals surface area contributed by atoms with Gasteiger partial charge in [-0.3, -0.25) is 0 Å². The van der Waals surface area contributed by atoms with Crippen LogP contribution in [0.4, 0.5) is 0 Å². The Balaban J connectivity index is 0. The molecule has 1 nitrogen and oxygen atoms in total. The van der Waals surface area contributed by atoms with Crippen molar-refractivity contribution in [2.75, 3.05) is 0 Å². The van der Waals surface area contributed by atoms with E-state index in [1.165, 1.54) is 44.9 Å². The molecule has 0 aliphatic heterocycles. The van der Waals surface area contributed by atoms with Gasteiger partial charge >= 0.3 is 0 Å². The lowest BCUT2D eigenvalue weighted by molar-refractivity contribution is 0.602. The Kier molecular flexibility index (Phi) is 14.8. The number of unbranched alkanes of at least 4 members (excludes halogenated alkanes) is 6. The molecule has 0 unspecified atom stereocenters. The van der Waals surface area contributed by atoms with Crippen LogP contribution in [0.5, 0.6) is 0 Å². The van der Waals surface area contributed by atoms with Gasteiger partial charge in [0.15, 0.2) is 0 Å². The fourth-order valence-corrected chi connectivity index (χ4v) is 1.03. The molecule has 0 saturated heterocycles. The number of hydrogen-bond donors (Lipinski definition) is 1. The lowest BCUT2D eigenvalue weighted by atomic mass is 10.1. The second-order valence-corrected chi connectivity index (χ2v) is 2.77.